The van der Waals surface area contributed by atoms with Crippen LogP contribution in [0.4, 0.5) is 22.7 Å². The lowest BCUT2D eigenvalue weighted by molar-refractivity contribution is -0.192. The number of benzene rings is 2. The third-order valence-electron chi connectivity index (χ3n) is 6.65. The quantitative estimate of drug-likeness (QED) is 0.440. The second-order valence-electron chi connectivity index (χ2n) is 8.77. The van der Waals surface area contributed by atoms with Crippen LogP contribution in [0.15, 0.2) is 53.7 Å². The van der Waals surface area contributed by atoms with Gasteiger partial charge >= 0.3 is 6.18 Å². The Morgan fingerprint density at radius 2 is 1.86 bits per heavy atom. The Labute approximate surface area is 209 Å². The molecule has 0 amide bonds. The summed E-state index contributed by atoms with van der Waals surface area (Å²) in [6.07, 6.45) is -2.74. The average molecular weight is 543 g/mol. The number of hydrogen-bond donors (Lipinski definition) is 1. The van der Waals surface area contributed by atoms with Gasteiger partial charge in [-0.1, -0.05) is 18.2 Å². The van der Waals surface area contributed by atoms with E-state index in [0.29, 0.717) is 23.3 Å². The third-order valence-corrected chi connectivity index (χ3v) is 8.69. The fourth-order valence-corrected chi connectivity index (χ4v) is 6.60. The van der Waals surface area contributed by atoms with Crippen molar-refractivity contribution >= 4 is 26.7 Å². The highest BCUT2D eigenvalue weighted by Crippen LogP contribution is 2.48. The molecule has 0 saturated carbocycles. The van der Waals surface area contributed by atoms with E-state index < -0.39 is 34.0 Å². The first-order valence-electron chi connectivity index (χ1n) is 11.3. The lowest BCUT2D eigenvalue weighted by Crippen LogP contribution is -2.44. The summed E-state index contributed by atoms with van der Waals surface area (Å²) in [5.74, 6) is -1.55. The number of nitrogens with one attached hydrogen (secondary N) is 1. The predicted molar refractivity (Wildman–Crippen MR) is 125 cm³/mol. The van der Waals surface area contributed by atoms with E-state index in [9.17, 15) is 26.0 Å². The van der Waals surface area contributed by atoms with Gasteiger partial charge in [-0.2, -0.15) is 17.5 Å². The highest BCUT2D eigenvalue weighted by molar-refractivity contribution is 7.93. The van der Waals surface area contributed by atoms with Crippen molar-refractivity contribution in [3.63, 3.8) is 0 Å². The van der Waals surface area contributed by atoms with Gasteiger partial charge in [0.05, 0.1) is 17.4 Å². The molecule has 5 rings (SSSR count). The number of ether oxygens (including phenoxy) is 1. The van der Waals surface area contributed by atoms with Crippen molar-refractivity contribution in [2.24, 2.45) is 5.92 Å². The van der Waals surface area contributed by atoms with E-state index in [4.69, 9.17) is 4.74 Å². The lowest BCUT2D eigenvalue weighted by Gasteiger charge is -2.46. The SMILES string of the molecule is O=S(=O)(Nc1ncns1)c1ccc2c(c1)OCCC2N1CC[C@H](C(F)(F)F)C[C@H]1c1ccc(F)cc1. The molecule has 1 saturated heterocycles. The molecule has 0 aliphatic carbocycles. The Kier molecular flexibility index (Phi) is 6.64. The number of halogens is 4. The Morgan fingerprint density at radius 3 is 2.56 bits per heavy atom. The van der Waals surface area contributed by atoms with Crippen molar-refractivity contribution in [1.29, 1.82) is 0 Å². The van der Waals surface area contributed by atoms with Gasteiger partial charge in [0, 0.05) is 41.7 Å². The van der Waals surface area contributed by atoms with Crippen molar-refractivity contribution in [3.8, 4) is 5.75 Å². The van der Waals surface area contributed by atoms with Crippen LogP contribution in [0, 0.1) is 11.7 Å². The first-order chi connectivity index (χ1) is 17.1. The molecule has 2 aliphatic rings. The molecule has 7 nitrogen and oxygen atoms in total. The zero-order valence-electron chi connectivity index (χ0n) is 18.8. The highest BCUT2D eigenvalue weighted by Gasteiger charge is 2.46. The monoisotopic (exact) mass is 542 g/mol. The molecule has 2 aromatic carbocycles. The summed E-state index contributed by atoms with van der Waals surface area (Å²) >= 11 is 0.900. The van der Waals surface area contributed by atoms with Crippen molar-refractivity contribution in [2.75, 3.05) is 17.9 Å². The molecule has 3 heterocycles. The molecule has 1 unspecified atom stereocenters. The van der Waals surface area contributed by atoms with Crippen LogP contribution in [0.3, 0.4) is 0 Å². The van der Waals surface area contributed by atoms with Crippen molar-refractivity contribution in [3.05, 3.63) is 65.7 Å². The number of rotatable bonds is 5. The highest BCUT2D eigenvalue weighted by atomic mass is 32.2. The van der Waals surface area contributed by atoms with Crippen LogP contribution in [-0.4, -0.2) is 42.0 Å². The fourth-order valence-electron chi connectivity index (χ4n) is 4.92. The van der Waals surface area contributed by atoms with Gasteiger partial charge in [-0.25, -0.2) is 17.8 Å². The summed E-state index contributed by atoms with van der Waals surface area (Å²) in [7, 11) is -3.94. The molecule has 1 fully saturated rings. The molecule has 13 heteroatoms. The number of alkyl halides is 3. The smallest absolute Gasteiger partial charge is 0.391 e. The predicted octanol–water partition coefficient (Wildman–Crippen LogP) is 5.32. The maximum absolute atomic E-state index is 13.6. The molecule has 0 spiro atoms. The van der Waals surface area contributed by atoms with Crippen LogP contribution < -0.4 is 9.46 Å². The number of hydrogen-bond acceptors (Lipinski definition) is 7. The molecule has 2 aliphatic heterocycles. The normalized spacial score (nSPS) is 23.1. The first-order valence-corrected chi connectivity index (χ1v) is 13.5. The van der Waals surface area contributed by atoms with Gasteiger partial charge in [-0.15, -0.1) is 0 Å². The molecule has 0 bridgehead atoms. The minimum atomic E-state index is -4.32. The second kappa shape index (κ2) is 9.60. The van der Waals surface area contributed by atoms with E-state index in [1.54, 1.807) is 6.07 Å². The number of piperidine rings is 1. The number of sulfonamides is 1. The average Bonchev–Trinajstić information content (AvgIpc) is 3.35. The standard InChI is InChI=1S/C23H22F4N4O3S2/c24-16-3-1-14(2-4-16)20-11-15(23(25,26)27)7-9-31(20)19-8-10-34-21-12-17(5-6-18(19)21)36(32,33)30-22-28-13-29-35-22/h1-6,12-13,15,19-20H,7-11H2,(H,28,29,30)/t15-,19?,20-/m0/s1. The molecule has 1 aromatic heterocycles. The Hall–Kier alpha value is -2.77. The van der Waals surface area contributed by atoms with Gasteiger partial charge in [0.15, 0.2) is 0 Å². The zero-order valence-corrected chi connectivity index (χ0v) is 20.4. The van der Waals surface area contributed by atoms with E-state index in [1.165, 1.54) is 42.7 Å². The van der Waals surface area contributed by atoms with Crippen LogP contribution in [0.5, 0.6) is 5.75 Å². The molecule has 3 aromatic rings. The van der Waals surface area contributed by atoms with Crippen LogP contribution in [0.1, 0.15) is 42.5 Å². The molecule has 192 valence electrons. The number of anilines is 1. The topological polar surface area (TPSA) is 84.4 Å². The van der Waals surface area contributed by atoms with Gasteiger partial charge in [0.1, 0.15) is 17.9 Å². The number of fused-ring (bicyclic) bond motifs is 1. The van der Waals surface area contributed by atoms with Crippen LogP contribution in [-0.2, 0) is 10.0 Å². The molecule has 0 radical (unpaired) electrons. The van der Waals surface area contributed by atoms with E-state index >= 15 is 0 Å². The molecule has 1 N–H and O–H groups in total. The van der Waals surface area contributed by atoms with Gasteiger partial charge in [-0.3, -0.25) is 9.62 Å². The van der Waals surface area contributed by atoms with Crippen LogP contribution >= 0.6 is 11.5 Å². The fraction of sp³-hybridized carbons (Fsp3) is 0.391. The third kappa shape index (κ3) is 5.04. The minimum absolute atomic E-state index is 0.0250. The summed E-state index contributed by atoms with van der Waals surface area (Å²) < 4.78 is 91.9. The van der Waals surface area contributed by atoms with Gasteiger partial charge in [-0.05, 0) is 43.1 Å². The number of likely N-dealkylation sites (tertiary alicyclic amines) is 1. The summed E-state index contributed by atoms with van der Waals surface area (Å²) in [5, 5.41) is 0.126. The van der Waals surface area contributed by atoms with Crippen molar-refractivity contribution in [1.82, 2.24) is 14.3 Å². The maximum Gasteiger partial charge on any atom is 0.391 e. The molecular formula is C23H22F4N4O3S2. The molecular weight excluding hydrogens is 520 g/mol. The van der Waals surface area contributed by atoms with Crippen LogP contribution in [0.2, 0.25) is 0 Å². The minimum Gasteiger partial charge on any atom is -0.493 e. The van der Waals surface area contributed by atoms with E-state index in [1.807, 2.05) is 4.90 Å². The summed E-state index contributed by atoms with van der Waals surface area (Å²) in [6.45, 7) is 0.468. The number of nitrogens with zero attached hydrogens (tertiary/aromatic N) is 3. The van der Waals surface area contributed by atoms with E-state index in [2.05, 4.69) is 14.1 Å². The second-order valence-corrected chi connectivity index (χ2v) is 11.2. The van der Waals surface area contributed by atoms with Gasteiger partial charge in [0.25, 0.3) is 10.0 Å². The summed E-state index contributed by atoms with van der Waals surface area (Å²) in [5.41, 5.74) is 1.31. The molecule has 3 atom stereocenters. The zero-order chi connectivity index (χ0) is 25.5. The van der Waals surface area contributed by atoms with Crippen molar-refractivity contribution in [2.45, 2.75) is 42.4 Å². The summed E-state index contributed by atoms with van der Waals surface area (Å²) in [4.78, 5) is 5.81. The Bertz CT molecular complexity index is 1320. The first kappa shape index (κ1) is 24.9. The van der Waals surface area contributed by atoms with E-state index in [0.717, 1.165) is 11.5 Å². The van der Waals surface area contributed by atoms with Crippen LogP contribution in [0.25, 0.3) is 0 Å². The van der Waals surface area contributed by atoms with Gasteiger partial charge < -0.3 is 4.74 Å². The van der Waals surface area contributed by atoms with Crippen molar-refractivity contribution < 1.29 is 30.7 Å². The number of aromatic nitrogens is 2. The van der Waals surface area contributed by atoms with E-state index in [-0.39, 0.29) is 42.1 Å². The lowest BCUT2D eigenvalue weighted by atomic mass is 9.84. The summed E-state index contributed by atoms with van der Waals surface area (Å²) in [6, 6.07) is 9.21. The maximum atomic E-state index is 13.6. The largest absolute Gasteiger partial charge is 0.493 e. The van der Waals surface area contributed by atoms with Gasteiger partial charge in [0.2, 0.25) is 5.13 Å². The Balaban J connectivity index is 1.46. The molecule has 36 heavy (non-hydrogen) atoms. The Morgan fingerprint density at radius 1 is 1.08 bits per heavy atom.